The van der Waals surface area contributed by atoms with Gasteiger partial charge in [0.15, 0.2) is 0 Å². The Morgan fingerprint density at radius 1 is 1.50 bits per heavy atom. The molecule has 0 atom stereocenters. The summed E-state index contributed by atoms with van der Waals surface area (Å²) in [5, 5.41) is 2.72. The van der Waals surface area contributed by atoms with Crippen LogP contribution in [-0.4, -0.2) is 19.6 Å². The molecule has 0 heterocycles. The van der Waals surface area contributed by atoms with Crippen molar-refractivity contribution in [2.45, 2.75) is 25.7 Å². The maximum atomic E-state index is 11.3. The van der Waals surface area contributed by atoms with Gasteiger partial charge in [-0.2, -0.15) is 0 Å². The Labute approximate surface area is 102 Å². The first-order valence-electron chi connectivity index (χ1n) is 4.89. The van der Waals surface area contributed by atoms with Crippen LogP contribution in [0.2, 0.25) is 0 Å². The molecule has 0 unspecified atom stereocenters. The zero-order valence-electron chi connectivity index (χ0n) is 8.29. The van der Waals surface area contributed by atoms with Gasteiger partial charge in [0.2, 0.25) is 5.91 Å². The first kappa shape index (κ1) is 12.6. The van der Waals surface area contributed by atoms with Gasteiger partial charge in [0, 0.05) is 34.2 Å². The summed E-state index contributed by atoms with van der Waals surface area (Å²) in [6, 6.07) is 0. The van der Waals surface area contributed by atoms with Crippen molar-refractivity contribution < 1.29 is 8.98 Å². The zero-order valence-corrected chi connectivity index (χ0v) is 11.3. The molecule has 1 saturated carbocycles. The van der Waals surface area contributed by atoms with Crippen LogP contribution in [-0.2, 0) is 8.98 Å². The van der Waals surface area contributed by atoms with Gasteiger partial charge in [-0.3, -0.25) is 4.79 Å². The summed E-state index contributed by atoms with van der Waals surface area (Å²) in [5.41, 5.74) is 0. The van der Waals surface area contributed by atoms with Gasteiger partial charge in [-0.25, -0.2) is 0 Å². The van der Waals surface area contributed by atoms with Gasteiger partial charge >= 0.3 is 0 Å². The molecule has 1 aliphatic carbocycles. The molecule has 0 bridgehead atoms. The minimum Gasteiger partial charge on any atom is -0.359 e. The number of carbonyl (C=O) groups excluding carboxylic acids is 1. The van der Waals surface area contributed by atoms with E-state index in [1.165, 1.54) is 9.21 Å². The summed E-state index contributed by atoms with van der Waals surface area (Å²) in [7, 11) is 3.11. The van der Waals surface area contributed by atoms with Crippen molar-refractivity contribution in [2.75, 3.05) is 13.7 Å². The quantitative estimate of drug-likeness (QED) is 0.636. The zero-order chi connectivity index (χ0) is 10.4. The minimum atomic E-state index is 0.202. The summed E-state index contributed by atoms with van der Waals surface area (Å²) >= 11 is 2.13. The van der Waals surface area contributed by atoms with Gasteiger partial charge in [0.25, 0.3) is 0 Å². The molecule has 0 radical (unpaired) electrons. The second-order valence-corrected chi connectivity index (χ2v) is 5.12. The molecule has 5 heteroatoms. The maximum Gasteiger partial charge on any atom is 0.222 e. The van der Waals surface area contributed by atoms with Crippen LogP contribution in [0.1, 0.15) is 25.7 Å². The number of rotatable bonds is 4. The molecule has 0 aliphatic heterocycles. The van der Waals surface area contributed by atoms with Crippen LogP contribution in [0.5, 0.6) is 0 Å². The van der Waals surface area contributed by atoms with Crippen LogP contribution in [0.4, 0.5) is 0 Å². The van der Waals surface area contributed by atoms with Crippen molar-refractivity contribution >= 4 is 36.3 Å². The van der Waals surface area contributed by atoms with Crippen molar-refractivity contribution in [3.8, 4) is 0 Å². The number of hydrogen-bond donors (Lipinski definition) is 1. The molecule has 0 aromatic heterocycles. The molecule has 1 rings (SSSR count). The van der Waals surface area contributed by atoms with Crippen LogP contribution in [0.3, 0.4) is 0 Å². The minimum absolute atomic E-state index is 0.202. The van der Waals surface area contributed by atoms with E-state index in [-0.39, 0.29) is 11.8 Å². The lowest BCUT2D eigenvalue weighted by Crippen LogP contribution is -2.31. The summed E-state index contributed by atoms with van der Waals surface area (Å²) in [6.45, 7) is 0.827. The largest absolute Gasteiger partial charge is 0.359 e. The lowest BCUT2D eigenvalue weighted by molar-refractivity contribution is -0.125. The molecule has 0 saturated heterocycles. The molecule has 3 nitrogen and oxygen atoms in total. The lowest BCUT2D eigenvalue weighted by atomic mass is 9.82. The number of hydrogen-bond acceptors (Lipinski definition) is 3. The van der Waals surface area contributed by atoms with Crippen LogP contribution in [0.15, 0.2) is 0 Å². The van der Waals surface area contributed by atoms with E-state index in [9.17, 15) is 4.79 Å². The predicted octanol–water partition coefficient (Wildman–Crippen LogP) is 2.55. The molecule has 82 valence electrons. The van der Waals surface area contributed by atoms with Crippen LogP contribution in [0.25, 0.3) is 0 Å². The van der Waals surface area contributed by atoms with Crippen molar-refractivity contribution in [3.05, 3.63) is 0 Å². The van der Waals surface area contributed by atoms with Gasteiger partial charge in [-0.05, 0) is 31.6 Å². The van der Waals surface area contributed by atoms with Gasteiger partial charge in [0.1, 0.15) is 0 Å². The fourth-order valence-corrected chi connectivity index (χ4v) is 2.60. The molecule has 0 aromatic carbocycles. The van der Waals surface area contributed by atoms with Crippen LogP contribution >= 0.6 is 30.4 Å². The third-order valence-corrected chi connectivity index (χ3v) is 3.80. The highest BCUT2D eigenvalue weighted by atomic mass is 127. The second kappa shape index (κ2) is 6.90. The van der Waals surface area contributed by atoms with E-state index in [2.05, 4.69) is 26.5 Å². The van der Waals surface area contributed by atoms with Gasteiger partial charge in [-0.15, -0.1) is 0 Å². The van der Waals surface area contributed by atoms with Crippen molar-refractivity contribution in [3.63, 3.8) is 0 Å². The molecule has 0 aromatic rings. The fraction of sp³-hybridized carbons (Fsp3) is 0.889. The first-order chi connectivity index (χ1) is 6.77. The standard InChI is InChI=1S/C9H16INO2S/c1-11-9(12)8-4-2-7(3-5-8)6-13-14-10/h7-8H,2-6H2,1H3,(H,11,12)/t7-,8-. The van der Waals surface area contributed by atoms with E-state index in [4.69, 9.17) is 4.18 Å². The van der Waals surface area contributed by atoms with E-state index in [1.807, 2.05) is 0 Å². The predicted molar refractivity (Wildman–Crippen MR) is 67.1 cm³/mol. The topological polar surface area (TPSA) is 38.3 Å². The van der Waals surface area contributed by atoms with E-state index in [1.54, 1.807) is 7.05 Å². The Morgan fingerprint density at radius 3 is 2.64 bits per heavy atom. The molecule has 1 fully saturated rings. The molecule has 1 amide bonds. The third kappa shape index (κ3) is 3.94. The highest BCUT2D eigenvalue weighted by Crippen LogP contribution is 2.30. The van der Waals surface area contributed by atoms with Crippen molar-refractivity contribution in [1.29, 1.82) is 0 Å². The fourth-order valence-electron chi connectivity index (χ4n) is 1.92. The van der Waals surface area contributed by atoms with E-state index < -0.39 is 0 Å². The number of carbonyl (C=O) groups is 1. The molecule has 1 aliphatic rings. The summed E-state index contributed by atoms with van der Waals surface area (Å²) in [6.07, 6.45) is 4.27. The Bertz CT molecular complexity index is 184. The highest BCUT2D eigenvalue weighted by molar-refractivity contribution is 14.2. The lowest BCUT2D eigenvalue weighted by Gasteiger charge is -2.26. The number of nitrogens with one attached hydrogen (secondary N) is 1. The Hall–Kier alpha value is 0.510. The Kier molecular flexibility index (Phi) is 6.20. The maximum absolute atomic E-state index is 11.3. The molecular formula is C9H16INO2S. The van der Waals surface area contributed by atoms with Crippen LogP contribution < -0.4 is 5.32 Å². The van der Waals surface area contributed by atoms with Crippen LogP contribution in [0, 0.1) is 11.8 Å². The second-order valence-electron chi connectivity index (χ2n) is 3.68. The average molecular weight is 329 g/mol. The van der Waals surface area contributed by atoms with E-state index >= 15 is 0 Å². The SMILES string of the molecule is CNC(=O)[C@H]1CC[C@H](COSI)CC1. The Morgan fingerprint density at radius 2 is 2.14 bits per heavy atom. The number of halogens is 1. The molecule has 0 spiro atoms. The summed E-state index contributed by atoms with van der Waals surface area (Å²) < 4.78 is 5.30. The van der Waals surface area contributed by atoms with E-state index in [0.29, 0.717) is 5.92 Å². The van der Waals surface area contributed by atoms with Gasteiger partial charge in [0.05, 0.1) is 15.8 Å². The molecular weight excluding hydrogens is 313 g/mol. The van der Waals surface area contributed by atoms with Gasteiger partial charge in [-0.1, -0.05) is 0 Å². The normalized spacial score (nSPS) is 27.3. The average Bonchev–Trinajstić information content (AvgIpc) is 2.26. The first-order valence-corrected chi connectivity index (χ1v) is 8.18. The van der Waals surface area contributed by atoms with Crippen molar-refractivity contribution in [2.24, 2.45) is 11.8 Å². The molecule has 14 heavy (non-hydrogen) atoms. The highest BCUT2D eigenvalue weighted by Gasteiger charge is 2.25. The number of amides is 1. The summed E-state index contributed by atoms with van der Waals surface area (Å²) in [4.78, 5) is 11.3. The van der Waals surface area contributed by atoms with Crippen molar-refractivity contribution in [1.82, 2.24) is 5.32 Å². The smallest absolute Gasteiger partial charge is 0.222 e. The summed E-state index contributed by atoms with van der Waals surface area (Å²) in [5.74, 6) is 1.09. The third-order valence-electron chi connectivity index (χ3n) is 2.81. The van der Waals surface area contributed by atoms with E-state index in [0.717, 1.165) is 32.3 Å². The molecule has 1 N–H and O–H groups in total. The Balaban J connectivity index is 2.20. The monoisotopic (exact) mass is 329 g/mol. The van der Waals surface area contributed by atoms with Gasteiger partial charge < -0.3 is 9.50 Å².